The van der Waals surface area contributed by atoms with Crippen molar-refractivity contribution >= 4 is 5.78 Å². The minimum atomic E-state index is -0.598. The molecule has 3 nitrogen and oxygen atoms in total. The Bertz CT molecular complexity index is 276. The highest BCUT2D eigenvalue weighted by atomic mass is 16.3. The Kier molecular flexibility index (Phi) is 1.77. The number of hydrogen-bond donors (Lipinski definition) is 2. The molecule has 14 heavy (non-hydrogen) atoms. The lowest BCUT2D eigenvalue weighted by atomic mass is 9.84. The van der Waals surface area contributed by atoms with Crippen LogP contribution in [0, 0.1) is 23.7 Å². The van der Waals surface area contributed by atoms with Gasteiger partial charge in [-0.1, -0.05) is 0 Å². The third-order valence-electron chi connectivity index (χ3n) is 4.52. The molecule has 0 heterocycles. The van der Waals surface area contributed by atoms with E-state index in [1.54, 1.807) is 0 Å². The molecule has 78 valence electrons. The Labute approximate surface area is 83.1 Å². The summed E-state index contributed by atoms with van der Waals surface area (Å²) in [7, 11) is 0. The number of carbonyl (C=O) groups is 1. The second-order valence-corrected chi connectivity index (χ2v) is 5.22. The first-order valence-electron chi connectivity index (χ1n) is 5.55. The van der Waals surface area contributed by atoms with Crippen LogP contribution in [0.2, 0.25) is 0 Å². The van der Waals surface area contributed by atoms with Crippen LogP contribution in [0.1, 0.15) is 25.7 Å². The van der Waals surface area contributed by atoms with Crippen LogP contribution in [-0.2, 0) is 4.79 Å². The predicted octanol–water partition coefficient (Wildman–Crippen LogP) is 0.343. The number of Topliss-reactive ketones (excluding diaryl/α,β-unsaturated/α-hetero) is 1. The molecule has 0 aromatic rings. The Hall–Kier alpha value is -0.410. The fourth-order valence-corrected chi connectivity index (χ4v) is 3.97. The van der Waals surface area contributed by atoms with Gasteiger partial charge in [0.05, 0.1) is 12.2 Å². The summed E-state index contributed by atoms with van der Waals surface area (Å²) < 4.78 is 0. The maximum Gasteiger partial charge on any atom is 0.136 e. The second-order valence-electron chi connectivity index (χ2n) is 5.22. The van der Waals surface area contributed by atoms with Gasteiger partial charge in [-0.25, -0.2) is 0 Å². The van der Waals surface area contributed by atoms with Crippen molar-refractivity contribution in [1.29, 1.82) is 0 Å². The van der Waals surface area contributed by atoms with Crippen molar-refractivity contribution in [3.63, 3.8) is 0 Å². The van der Waals surface area contributed by atoms with Crippen molar-refractivity contribution in [3.05, 3.63) is 0 Å². The van der Waals surface area contributed by atoms with Crippen LogP contribution in [0.25, 0.3) is 0 Å². The first kappa shape index (κ1) is 8.86. The molecule has 0 spiro atoms. The molecule has 2 N–H and O–H groups in total. The Morgan fingerprint density at radius 1 is 1.00 bits per heavy atom. The summed E-state index contributed by atoms with van der Waals surface area (Å²) in [5.41, 5.74) is 0. The normalized spacial score (nSPS) is 56.3. The number of carbonyl (C=O) groups excluding carboxylic acids is 1. The van der Waals surface area contributed by atoms with Gasteiger partial charge in [0, 0.05) is 12.3 Å². The van der Waals surface area contributed by atoms with Crippen LogP contribution in [0.5, 0.6) is 0 Å². The van der Waals surface area contributed by atoms with Crippen LogP contribution >= 0.6 is 0 Å². The zero-order valence-corrected chi connectivity index (χ0v) is 8.10. The summed E-state index contributed by atoms with van der Waals surface area (Å²) in [5.74, 6) is 1.81. The first-order valence-corrected chi connectivity index (χ1v) is 5.55. The van der Waals surface area contributed by atoms with Gasteiger partial charge in [-0.2, -0.15) is 0 Å². The topological polar surface area (TPSA) is 57.5 Å². The Balaban J connectivity index is 1.91. The van der Waals surface area contributed by atoms with Crippen LogP contribution < -0.4 is 0 Å². The minimum absolute atomic E-state index is 0.173. The number of ketones is 1. The van der Waals surface area contributed by atoms with Gasteiger partial charge >= 0.3 is 0 Å². The summed E-state index contributed by atoms with van der Waals surface area (Å²) >= 11 is 0. The van der Waals surface area contributed by atoms with Crippen molar-refractivity contribution in [2.24, 2.45) is 23.7 Å². The zero-order valence-electron chi connectivity index (χ0n) is 8.10. The molecule has 3 fully saturated rings. The van der Waals surface area contributed by atoms with E-state index in [1.807, 2.05) is 0 Å². The molecule has 0 saturated heterocycles. The van der Waals surface area contributed by atoms with Gasteiger partial charge in [0.2, 0.25) is 0 Å². The van der Waals surface area contributed by atoms with E-state index in [2.05, 4.69) is 0 Å². The van der Waals surface area contributed by atoms with Gasteiger partial charge in [-0.15, -0.1) is 0 Å². The molecule has 0 aromatic heterocycles. The van der Waals surface area contributed by atoms with Gasteiger partial charge in [0.15, 0.2) is 0 Å². The molecule has 3 aliphatic rings. The summed E-state index contributed by atoms with van der Waals surface area (Å²) in [6, 6.07) is 0. The van der Waals surface area contributed by atoms with E-state index in [4.69, 9.17) is 0 Å². The summed E-state index contributed by atoms with van der Waals surface area (Å²) in [6.07, 6.45) is 1.91. The molecule has 6 atom stereocenters. The van der Waals surface area contributed by atoms with Crippen molar-refractivity contribution in [1.82, 2.24) is 0 Å². The molecular weight excluding hydrogens is 180 g/mol. The van der Waals surface area contributed by atoms with E-state index in [9.17, 15) is 15.0 Å². The molecule has 0 amide bonds. The number of aliphatic hydroxyl groups excluding tert-OH is 2. The standard InChI is InChI=1S/C11H16O3/c12-8-3-6-1-5-2-10(14)11(6)7(5)4-9(8)13/h5-9,11-13H,1-4H2. The Morgan fingerprint density at radius 3 is 2.50 bits per heavy atom. The molecule has 3 heteroatoms. The molecule has 3 aliphatic carbocycles. The van der Waals surface area contributed by atoms with E-state index in [0.29, 0.717) is 36.4 Å². The SMILES string of the molecule is O=C1CC2CC3CC(O)C(O)CC2C13. The fraction of sp³-hybridized carbons (Fsp3) is 0.909. The van der Waals surface area contributed by atoms with Crippen molar-refractivity contribution in [2.75, 3.05) is 0 Å². The highest BCUT2D eigenvalue weighted by Gasteiger charge is 2.55. The lowest BCUT2D eigenvalue weighted by Gasteiger charge is -2.24. The summed E-state index contributed by atoms with van der Waals surface area (Å²) in [6.45, 7) is 0. The smallest absolute Gasteiger partial charge is 0.136 e. The van der Waals surface area contributed by atoms with E-state index in [-0.39, 0.29) is 5.92 Å². The molecule has 6 unspecified atom stereocenters. The average Bonchev–Trinajstić information content (AvgIpc) is 2.52. The molecular formula is C11H16O3. The lowest BCUT2D eigenvalue weighted by molar-refractivity contribution is -0.123. The Morgan fingerprint density at radius 2 is 1.71 bits per heavy atom. The van der Waals surface area contributed by atoms with Gasteiger partial charge in [0.25, 0.3) is 0 Å². The van der Waals surface area contributed by atoms with Gasteiger partial charge in [0.1, 0.15) is 5.78 Å². The lowest BCUT2D eigenvalue weighted by Crippen LogP contribution is -2.30. The van der Waals surface area contributed by atoms with Crippen LogP contribution in [0.15, 0.2) is 0 Å². The molecule has 3 saturated carbocycles. The van der Waals surface area contributed by atoms with E-state index < -0.39 is 12.2 Å². The third-order valence-corrected chi connectivity index (χ3v) is 4.52. The second kappa shape index (κ2) is 2.80. The van der Waals surface area contributed by atoms with Crippen molar-refractivity contribution < 1.29 is 15.0 Å². The maximum absolute atomic E-state index is 11.7. The van der Waals surface area contributed by atoms with E-state index in [0.717, 1.165) is 12.8 Å². The number of hydrogen-bond acceptors (Lipinski definition) is 3. The quantitative estimate of drug-likeness (QED) is 0.587. The monoisotopic (exact) mass is 196 g/mol. The predicted molar refractivity (Wildman–Crippen MR) is 49.4 cm³/mol. The van der Waals surface area contributed by atoms with Crippen LogP contribution in [0.4, 0.5) is 0 Å². The van der Waals surface area contributed by atoms with Crippen molar-refractivity contribution in [3.8, 4) is 0 Å². The highest BCUT2D eigenvalue weighted by molar-refractivity contribution is 5.85. The molecule has 0 aliphatic heterocycles. The summed E-state index contributed by atoms with van der Waals surface area (Å²) in [4.78, 5) is 11.7. The summed E-state index contributed by atoms with van der Waals surface area (Å²) in [5, 5.41) is 19.3. The van der Waals surface area contributed by atoms with Gasteiger partial charge in [-0.3, -0.25) is 4.79 Å². The fourth-order valence-electron chi connectivity index (χ4n) is 3.97. The minimum Gasteiger partial charge on any atom is -0.390 e. The largest absolute Gasteiger partial charge is 0.390 e. The molecule has 4 bridgehead atoms. The molecule has 3 rings (SSSR count). The number of aliphatic hydroxyl groups is 2. The van der Waals surface area contributed by atoms with Crippen molar-refractivity contribution in [2.45, 2.75) is 37.9 Å². The molecule has 0 aromatic carbocycles. The van der Waals surface area contributed by atoms with Gasteiger partial charge in [-0.05, 0) is 37.0 Å². The highest BCUT2D eigenvalue weighted by Crippen LogP contribution is 2.55. The van der Waals surface area contributed by atoms with Crippen LogP contribution in [-0.4, -0.2) is 28.2 Å². The maximum atomic E-state index is 11.7. The van der Waals surface area contributed by atoms with Gasteiger partial charge < -0.3 is 10.2 Å². The van der Waals surface area contributed by atoms with E-state index >= 15 is 0 Å². The van der Waals surface area contributed by atoms with Crippen LogP contribution in [0.3, 0.4) is 0 Å². The first-order chi connectivity index (χ1) is 6.66. The third kappa shape index (κ3) is 1.03. The van der Waals surface area contributed by atoms with E-state index in [1.165, 1.54) is 0 Å². The zero-order chi connectivity index (χ0) is 9.87. The number of rotatable bonds is 0. The molecule has 0 radical (unpaired) electrons. The average molecular weight is 196 g/mol.